The summed E-state index contributed by atoms with van der Waals surface area (Å²) in [5.74, 6) is 2.12. The first kappa shape index (κ1) is 35.4. The van der Waals surface area contributed by atoms with Crippen LogP contribution in [0.15, 0.2) is 42.5 Å². The first-order chi connectivity index (χ1) is 22.7. The van der Waals surface area contributed by atoms with E-state index in [4.69, 9.17) is 0 Å². The fraction of sp³-hybridized carbons (Fsp3) is 0.721. The second kappa shape index (κ2) is 13.4. The maximum atomic E-state index is 13.7. The summed E-state index contributed by atoms with van der Waals surface area (Å²) in [6, 6.07) is 7.58. The Morgan fingerprint density at radius 1 is 0.875 bits per heavy atom. The number of nitrogens with one attached hydrogen (secondary N) is 1. The van der Waals surface area contributed by atoms with Gasteiger partial charge >= 0.3 is 5.97 Å². The van der Waals surface area contributed by atoms with Crippen LogP contribution in [0.5, 0.6) is 0 Å². The molecule has 4 aliphatic carbocycles. The number of amides is 1. The van der Waals surface area contributed by atoms with Crippen LogP contribution in [-0.4, -0.2) is 47.1 Å². The number of carboxylic acids is 1. The Kier molecular flexibility index (Phi) is 9.88. The van der Waals surface area contributed by atoms with Gasteiger partial charge in [-0.05, 0) is 160 Å². The van der Waals surface area contributed by atoms with E-state index in [0.29, 0.717) is 41.7 Å². The maximum Gasteiger partial charge on any atom is 0.335 e. The Morgan fingerprint density at radius 3 is 2.23 bits per heavy atom. The second-order valence-electron chi connectivity index (χ2n) is 18.1. The van der Waals surface area contributed by atoms with Gasteiger partial charge in [-0.25, -0.2) is 4.79 Å². The molecule has 0 spiro atoms. The third kappa shape index (κ3) is 6.24. The van der Waals surface area contributed by atoms with Crippen molar-refractivity contribution in [3.63, 3.8) is 0 Å². The highest BCUT2D eigenvalue weighted by atomic mass is 16.4. The van der Waals surface area contributed by atoms with E-state index in [9.17, 15) is 14.7 Å². The third-order valence-corrected chi connectivity index (χ3v) is 15.2. The fourth-order valence-corrected chi connectivity index (χ4v) is 12.5. The molecule has 1 aliphatic heterocycles. The Hall–Kier alpha value is -2.40. The van der Waals surface area contributed by atoms with Crippen LogP contribution in [0.4, 0.5) is 0 Å². The first-order valence-corrected chi connectivity index (χ1v) is 19.4. The first-order valence-electron chi connectivity index (χ1n) is 19.4. The van der Waals surface area contributed by atoms with Gasteiger partial charge in [0, 0.05) is 5.54 Å². The van der Waals surface area contributed by atoms with Crippen molar-refractivity contribution in [3.05, 3.63) is 53.6 Å². The smallest absolute Gasteiger partial charge is 0.335 e. The molecule has 264 valence electrons. The summed E-state index contributed by atoms with van der Waals surface area (Å²) in [6.07, 6.45) is 17.9. The van der Waals surface area contributed by atoms with Gasteiger partial charge in [0.1, 0.15) is 0 Å². The van der Waals surface area contributed by atoms with Gasteiger partial charge in [-0.3, -0.25) is 9.69 Å². The quantitative estimate of drug-likeness (QED) is 0.299. The molecule has 8 atom stereocenters. The molecule has 6 rings (SSSR count). The van der Waals surface area contributed by atoms with E-state index in [1.807, 2.05) is 12.1 Å². The van der Waals surface area contributed by atoms with Crippen LogP contribution in [0.3, 0.4) is 0 Å². The van der Waals surface area contributed by atoms with Crippen LogP contribution in [0, 0.1) is 45.8 Å². The minimum atomic E-state index is -0.869. The third-order valence-electron chi connectivity index (χ3n) is 15.2. The lowest BCUT2D eigenvalue weighted by atomic mass is 9.40. The predicted molar refractivity (Wildman–Crippen MR) is 197 cm³/mol. The molecule has 1 saturated heterocycles. The molecular formula is C43H64N2O3. The number of carboxylic acid groups (broad SMARTS) is 1. The zero-order chi connectivity index (χ0) is 34.5. The Labute approximate surface area is 291 Å². The summed E-state index contributed by atoms with van der Waals surface area (Å²) in [7, 11) is 0. The molecule has 1 aromatic carbocycles. The van der Waals surface area contributed by atoms with E-state index in [1.165, 1.54) is 68.1 Å². The number of piperidine rings is 1. The molecule has 8 unspecified atom stereocenters. The van der Waals surface area contributed by atoms with Gasteiger partial charge in [0.25, 0.3) is 0 Å². The van der Waals surface area contributed by atoms with E-state index in [0.717, 1.165) is 45.2 Å². The number of nitrogens with zero attached hydrogens (tertiary/aromatic N) is 1. The Balaban J connectivity index is 1.27. The van der Waals surface area contributed by atoms with E-state index in [2.05, 4.69) is 64.4 Å². The lowest BCUT2D eigenvalue weighted by Crippen LogP contribution is -2.58. The van der Waals surface area contributed by atoms with Crippen LogP contribution < -0.4 is 5.32 Å². The van der Waals surface area contributed by atoms with Crippen molar-refractivity contribution in [1.82, 2.24) is 10.2 Å². The van der Waals surface area contributed by atoms with Crippen molar-refractivity contribution in [2.24, 2.45) is 45.8 Å². The van der Waals surface area contributed by atoms with Crippen molar-refractivity contribution in [2.75, 3.05) is 19.6 Å². The average Bonchev–Trinajstić information content (AvgIpc) is 3.39. The topological polar surface area (TPSA) is 69.6 Å². The Bertz CT molecular complexity index is 1410. The monoisotopic (exact) mass is 656 g/mol. The van der Waals surface area contributed by atoms with Crippen LogP contribution in [0.1, 0.15) is 141 Å². The number of hydrogen-bond donors (Lipinski definition) is 2. The van der Waals surface area contributed by atoms with E-state index in [-0.39, 0.29) is 27.7 Å². The van der Waals surface area contributed by atoms with Gasteiger partial charge in [-0.2, -0.15) is 0 Å². The number of allylic oxidation sites excluding steroid dienone is 3. The Morgan fingerprint density at radius 2 is 1.56 bits per heavy atom. The van der Waals surface area contributed by atoms with Crippen molar-refractivity contribution in [2.45, 2.75) is 131 Å². The lowest BCUT2D eigenvalue weighted by Gasteiger charge is -2.64. The van der Waals surface area contributed by atoms with Crippen LogP contribution in [-0.2, 0) is 4.79 Å². The molecule has 5 nitrogen and oxygen atoms in total. The van der Waals surface area contributed by atoms with Gasteiger partial charge in [-0.15, -0.1) is 0 Å². The molecule has 1 heterocycles. The standard InChI is InChI=1S/C43H64N2O3/c1-29(2)33-19-25-43(44-38(46)28-45-26-9-8-10-27-45)24-18-30(3)41(6)23-21-36-40(4,5)34(31-14-16-32(17-15-31)39(47)48)20-22-42(36,7)37(41)13-11-12-35(33)43/h14-17,20,30,33,35-37H,1,8-13,18-19,21-28H2,2-7H3,(H,44,46)(H,47,48). The van der Waals surface area contributed by atoms with Crippen LogP contribution in [0.2, 0.25) is 0 Å². The highest BCUT2D eigenvalue weighted by Crippen LogP contribution is 2.68. The van der Waals surface area contributed by atoms with Gasteiger partial charge in [0.05, 0.1) is 12.1 Å². The summed E-state index contributed by atoms with van der Waals surface area (Å²) in [5, 5.41) is 13.3. The summed E-state index contributed by atoms with van der Waals surface area (Å²) in [6.45, 7) is 22.1. The minimum Gasteiger partial charge on any atom is -0.478 e. The molecule has 3 saturated carbocycles. The molecule has 48 heavy (non-hydrogen) atoms. The van der Waals surface area contributed by atoms with Gasteiger partial charge in [-0.1, -0.05) is 77.8 Å². The summed E-state index contributed by atoms with van der Waals surface area (Å²) < 4.78 is 0. The molecule has 0 aromatic heterocycles. The predicted octanol–water partition coefficient (Wildman–Crippen LogP) is 9.78. The SMILES string of the molecule is C=C(C)C1CCC2(NC(=O)CN3CCCCC3)CCC(C)C3(C)CCC4C(C)(C)C(c5ccc(C(=O)O)cc5)=CCC4(C)C3CCCC12. The van der Waals surface area contributed by atoms with Crippen molar-refractivity contribution in [3.8, 4) is 0 Å². The number of carbonyl (C=O) groups excluding carboxylic acids is 1. The number of fused-ring (bicyclic) bond motifs is 4. The highest BCUT2D eigenvalue weighted by Gasteiger charge is 2.60. The molecular weight excluding hydrogens is 592 g/mol. The molecule has 0 radical (unpaired) electrons. The highest BCUT2D eigenvalue weighted by molar-refractivity contribution is 5.88. The zero-order valence-corrected chi connectivity index (χ0v) is 31.0. The minimum absolute atomic E-state index is 0.00190. The number of likely N-dealkylation sites (tertiary alicyclic amines) is 1. The molecule has 5 heteroatoms. The van der Waals surface area contributed by atoms with Gasteiger partial charge < -0.3 is 10.4 Å². The van der Waals surface area contributed by atoms with E-state index in [1.54, 1.807) is 12.1 Å². The number of hydrogen-bond acceptors (Lipinski definition) is 3. The van der Waals surface area contributed by atoms with E-state index >= 15 is 0 Å². The summed E-state index contributed by atoms with van der Waals surface area (Å²) >= 11 is 0. The van der Waals surface area contributed by atoms with Crippen molar-refractivity contribution < 1.29 is 14.7 Å². The van der Waals surface area contributed by atoms with Gasteiger partial charge in [0.2, 0.25) is 5.91 Å². The van der Waals surface area contributed by atoms with Crippen LogP contribution >= 0.6 is 0 Å². The fourth-order valence-electron chi connectivity index (χ4n) is 12.5. The number of aromatic carboxylic acids is 1. The summed E-state index contributed by atoms with van der Waals surface area (Å²) in [4.78, 5) is 27.7. The molecule has 5 aliphatic rings. The number of carbonyl (C=O) groups is 2. The number of benzene rings is 1. The van der Waals surface area contributed by atoms with E-state index < -0.39 is 5.97 Å². The van der Waals surface area contributed by atoms with Crippen molar-refractivity contribution in [1.29, 1.82) is 0 Å². The molecule has 4 fully saturated rings. The average molecular weight is 657 g/mol. The zero-order valence-electron chi connectivity index (χ0n) is 31.0. The maximum absolute atomic E-state index is 13.7. The number of rotatable bonds is 6. The van der Waals surface area contributed by atoms with Gasteiger partial charge in [0.15, 0.2) is 0 Å². The second-order valence-corrected chi connectivity index (χ2v) is 18.1. The normalized spacial score (nSPS) is 38.5. The lowest BCUT2D eigenvalue weighted by molar-refractivity contribution is -0.127. The van der Waals surface area contributed by atoms with Crippen molar-refractivity contribution >= 4 is 17.4 Å². The summed E-state index contributed by atoms with van der Waals surface area (Å²) in [5.41, 5.74) is 4.56. The molecule has 2 N–H and O–H groups in total. The molecule has 1 aromatic rings. The van der Waals surface area contributed by atoms with Crippen LogP contribution in [0.25, 0.3) is 5.57 Å². The molecule has 1 amide bonds. The molecule has 0 bridgehead atoms. The largest absolute Gasteiger partial charge is 0.478 e.